The number of hydrogen-bond donors (Lipinski definition) is 1. The number of anilines is 1. The average molecular weight is 303 g/mol. The molecule has 0 saturated carbocycles. The molecule has 2 rings (SSSR count). The Hall–Kier alpha value is -1.03. The fraction of sp³-hybridized carbons (Fsp3) is 0.167. The van der Waals surface area contributed by atoms with Crippen LogP contribution in [-0.2, 0) is 0 Å². The predicted octanol–water partition coefficient (Wildman–Crippen LogP) is 4.61. The van der Waals surface area contributed by atoms with Crippen molar-refractivity contribution in [2.75, 3.05) is 5.32 Å². The van der Waals surface area contributed by atoms with E-state index in [-0.39, 0.29) is 6.04 Å². The van der Waals surface area contributed by atoms with Gasteiger partial charge >= 0.3 is 0 Å². The zero-order valence-corrected chi connectivity index (χ0v) is 11.8. The minimum atomic E-state index is 0.0248. The van der Waals surface area contributed by atoms with Crippen molar-refractivity contribution in [3.05, 3.63) is 51.2 Å². The second-order valence-electron chi connectivity index (χ2n) is 3.75. The highest BCUT2D eigenvalue weighted by Crippen LogP contribution is 2.21. The van der Waals surface area contributed by atoms with Gasteiger partial charge in [0, 0.05) is 11.1 Å². The molecule has 0 aliphatic carbocycles. The van der Waals surface area contributed by atoms with E-state index in [1.807, 2.05) is 31.2 Å². The average Bonchev–Trinajstić information content (AvgIpc) is 2.28. The van der Waals surface area contributed by atoms with Gasteiger partial charge in [0.25, 0.3) is 0 Å². The number of benzene rings is 1. The summed E-state index contributed by atoms with van der Waals surface area (Å²) in [7, 11) is 0. The van der Waals surface area contributed by atoms with Crippen molar-refractivity contribution in [1.29, 1.82) is 0 Å². The molecule has 1 aromatic heterocycles. The van der Waals surface area contributed by atoms with Crippen LogP contribution in [0.25, 0.3) is 0 Å². The van der Waals surface area contributed by atoms with Crippen LogP contribution in [0.4, 0.5) is 5.95 Å². The monoisotopic (exact) mass is 301 g/mol. The van der Waals surface area contributed by atoms with Crippen molar-refractivity contribution >= 4 is 40.8 Å². The molecule has 0 amide bonds. The van der Waals surface area contributed by atoms with Crippen molar-refractivity contribution in [2.45, 2.75) is 13.0 Å². The molecule has 0 aliphatic rings. The van der Waals surface area contributed by atoms with Gasteiger partial charge in [0.15, 0.2) is 0 Å². The maximum absolute atomic E-state index is 5.84. The predicted molar refractivity (Wildman–Crippen MR) is 75.5 cm³/mol. The van der Waals surface area contributed by atoms with Crippen LogP contribution in [0.2, 0.25) is 15.3 Å². The molecule has 0 fully saturated rings. The molecular formula is C12H10Cl3N3. The molecule has 3 nitrogen and oxygen atoms in total. The third-order valence-electron chi connectivity index (χ3n) is 2.38. The standard InChI is InChI=1S/C12H10Cl3N3/c1-7(8-2-4-9(13)5-3-8)16-12-17-10(14)6-11(15)18-12/h2-7H,1H3,(H,16,17,18)/t7-/m0/s1. The Morgan fingerprint density at radius 1 is 1.00 bits per heavy atom. The van der Waals surface area contributed by atoms with E-state index in [1.54, 1.807) is 0 Å². The van der Waals surface area contributed by atoms with Crippen LogP contribution in [-0.4, -0.2) is 9.97 Å². The molecule has 94 valence electrons. The molecule has 0 saturated heterocycles. The van der Waals surface area contributed by atoms with E-state index in [1.165, 1.54) is 6.07 Å². The SMILES string of the molecule is C[C@H](Nc1nc(Cl)cc(Cl)n1)c1ccc(Cl)cc1. The molecule has 1 heterocycles. The van der Waals surface area contributed by atoms with E-state index in [0.29, 0.717) is 21.3 Å². The maximum atomic E-state index is 5.84. The maximum Gasteiger partial charge on any atom is 0.226 e. The van der Waals surface area contributed by atoms with Crippen LogP contribution in [0.5, 0.6) is 0 Å². The number of aromatic nitrogens is 2. The second kappa shape index (κ2) is 5.74. The van der Waals surface area contributed by atoms with Gasteiger partial charge < -0.3 is 5.32 Å². The number of nitrogens with one attached hydrogen (secondary N) is 1. The van der Waals surface area contributed by atoms with Crippen LogP contribution in [0.3, 0.4) is 0 Å². The van der Waals surface area contributed by atoms with Gasteiger partial charge in [0.2, 0.25) is 5.95 Å². The lowest BCUT2D eigenvalue weighted by Crippen LogP contribution is -2.09. The summed E-state index contributed by atoms with van der Waals surface area (Å²) in [5, 5.41) is 4.44. The van der Waals surface area contributed by atoms with Crippen molar-refractivity contribution in [1.82, 2.24) is 9.97 Å². The molecule has 0 bridgehead atoms. The highest BCUT2D eigenvalue weighted by Gasteiger charge is 2.08. The molecule has 0 aliphatic heterocycles. The first-order valence-electron chi connectivity index (χ1n) is 5.26. The quantitative estimate of drug-likeness (QED) is 0.841. The smallest absolute Gasteiger partial charge is 0.226 e. The highest BCUT2D eigenvalue weighted by atomic mass is 35.5. The summed E-state index contributed by atoms with van der Waals surface area (Å²) in [6.07, 6.45) is 0. The summed E-state index contributed by atoms with van der Waals surface area (Å²) in [5.74, 6) is 0.398. The lowest BCUT2D eigenvalue weighted by atomic mass is 10.1. The molecule has 6 heteroatoms. The van der Waals surface area contributed by atoms with Crippen molar-refractivity contribution in [3.63, 3.8) is 0 Å². The summed E-state index contributed by atoms with van der Waals surface area (Å²) < 4.78 is 0. The van der Waals surface area contributed by atoms with Crippen LogP contribution < -0.4 is 5.32 Å². The van der Waals surface area contributed by atoms with E-state index in [4.69, 9.17) is 34.8 Å². The fourth-order valence-corrected chi connectivity index (χ4v) is 2.03. The summed E-state index contributed by atoms with van der Waals surface area (Å²) >= 11 is 17.5. The van der Waals surface area contributed by atoms with Gasteiger partial charge in [-0.1, -0.05) is 46.9 Å². The topological polar surface area (TPSA) is 37.8 Å². The Balaban J connectivity index is 2.15. The van der Waals surface area contributed by atoms with Crippen molar-refractivity contribution < 1.29 is 0 Å². The molecule has 1 N–H and O–H groups in total. The first-order chi connectivity index (χ1) is 8.54. The van der Waals surface area contributed by atoms with Gasteiger partial charge in [0.05, 0.1) is 6.04 Å². The molecule has 2 aromatic rings. The summed E-state index contributed by atoms with van der Waals surface area (Å²) in [6.45, 7) is 1.99. The number of hydrogen-bond acceptors (Lipinski definition) is 3. The van der Waals surface area contributed by atoms with E-state index >= 15 is 0 Å². The highest BCUT2D eigenvalue weighted by molar-refractivity contribution is 6.33. The van der Waals surface area contributed by atoms with Crippen LogP contribution in [0.15, 0.2) is 30.3 Å². The van der Waals surface area contributed by atoms with Crippen LogP contribution in [0.1, 0.15) is 18.5 Å². The first-order valence-corrected chi connectivity index (χ1v) is 6.40. The Labute approximate surface area is 120 Å². The Bertz CT molecular complexity index is 523. The third kappa shape index (κ3) is 3.48. The number of halogens is 3. The van der Waals surface area contributed by atoms with Gasteiger partial charge in [0.1, 0.15) is 10.3 Å². The number of rotatable bonds is 3. The van der Waals surface area contributed by atoms with Crippen LogP contribution in [0, 0.1) is 0 Å². The van der Waals surface area contributed by atoms with E-state index in [2.05, 4.69) is 15.3 Å². The molecule has 1 aromatic carbocycles. The Kier molecular flexibility index (Phi) is 4.27. The normalized spacial score (nSPS) is 12.2. The fourth-order valence-electron chi connectivity index (χ4n) is 1.48. The molecular weight excluding hydrogens is 293 g/mol. The van der Waals surface area contributed by atoms with Gasteiger partial charge in [-0.3, -0.25) is 0 Å². The van der Waals surface area contributed by atoms with Crippen LogP contribution >= 0.6 is 34.8 Å². The lowest BCUT2D eigenvalue weighted by molar-refractivity contribution is 0.860. The van der Waals surface area contributed by atoms with Gasteiger partial charge in [-0.2, -0.15) is 0 Å². The van der Waals surface area contributed by atoms with E-state index in [9.17, 15) is 0 Å². The summed E-state index contributed by atoms with van der Waals surface area (Å²) in [5.41, 5.74) is 1.07. The number of nitrogens with zero attached hydrogens (tertiary/aromatic N) is 2. The molecule has 18 heavy (non-hydrogen) atoms. The van der Waals surface area contributed by atoms with Crippen molar-refractivity contribution in [2.24, 2.45) is 0 Å². The lowest BCUT2D eigenvalue weighted by Gasteiger charge is -2.14. The Morgan fingerprint density at radius 2 is 1.56 bits per heavy atom. The largest absolute Gasteiger partial charge is 0.348 e. The van der Waals surface area contributed by atoms with E-state index in [0.717, 1.165) is 5.56 Å². The Morgan fingerprint density at radius 3 is 2.11 bits per heavy atom. The molecule has 0 unspecified atom stereocenters. The van der Waals surface area contributed by atoms with E-state index < -0.39 is 0 Å². The summed E-state index contributed by atoms with van der Waals surface area (Å²) in [6, 6.07) is 9.05. The zero-order chi connectivity index (χ0) is 13.1. The van der Waals surface area contributed by atoms with Gasteiger partial charge in [-0.25, -0.2) is 9.97 Å². The molecule has 1 atom stereocenters. The van der Waals surface area contributed by atoms with Crippen molar-refractivity contribution in [3.8, 4) is 0 Å². The first kappa shape index (κ1) is 13.4. The van der Waals surface area contributed by atoms with Gasteiger partial charge in [-0.05, 0) is 24.6 Å². The second-order valence-corrected chi connectivity index (χ2v) is 4.97. The van der Waals surface area contributed by atoms with Gasteiger partial charge in [-0.15, -0.1) is 0 Å². The minimum Gasteiger partial charge on any atom is -0.348 e. The molecule has 0 spiro atoms. The molecule has 0 radical (unpaired) electrons. The zero-order valence-electron chi connectivity index (χ0n) is 9.49. The summed E-state index contributed by atoms with van der Waals surface area (Å²) in [4.78, 5) is 8.10. The third-order valence-corrected chi connectivity index (χ3v) is 3.02. The minimum absolute atomic E-state index is 0.0248.